The summed E-state index contributed by atoms with van der Waals surface area (Å²) >= 11 is 0. The van der Waals surface area contributed by atoms with Crippen LogP contribution in [0.15, 0.2) is 41.5 Å². The first-order chi connectivity index (χ1) is 17.2. The van der Waals surface area contributed by atoms with Crippen molar-refractivity contribution < 1.29 is 27.4 Å². The highest BCUT2D eigenvalue weighted by atomic mass is 19.4. The minimum atomic E-state index is -4.48. The molecule has 13 heteroatoms. The van der Waals surface area contributed by atoms with E-state index in [1.165, 1.54) is 19.4 Å². The highest BCUT2D eigenvalue weighted by Crippen LogP contribution is 2.32. The number of carbonyl (C=O) groups excluding carboxylic acids is 1. The van der Waals surface area contributed by atoms with Gasteiger partial charge >= 0.3 is 6.18 Å². The van der Waals surface area contributed by atoms with E-state index in [2.05, 4.69) is 35.7 Å². The Morgan fingerprint density at radius 2 is 2.06 bits per heavy atom. The number of nitrogens with zero attached hydrogens (tertiary/aromatic N) is 4. The van der Waals surface area contributed by atoms with Crippen molar-refractivity contribution in [2.75, 3.05) is 50.2 Å². The second-order valence-electron chi connectivity index (χ2n) is 8.20. The van der Waals surface area contributed by atoms with Gasteiger partial charge in [0.15, 0.2) is 5.82 Å². The number of pyridine rings is 1. The number of guanidine groups is 1. The number of aliphatic imine (C=N–C) groups is 1. The molecule has 0 radical (unpaired) electrons. The van der Waals surface area contributed by atoms with Crippen molar-refractivity contribution in [2.24, 2.45) is 4.99 Å². The van der Waals surface area contributed by atoms with Gasteiger partial charge in [-0.1, -0.05) is 0 Å². The number of rotatable bonds is 6. The number of ether oxygens (including phenoxy) is 2. The molecule has 2 aromatic heterocycles. The summed E-state index contributed by atoms with van der Waals surface area (Å²) in [5.41, 5.74) is -0.303. The largest absolute Gasteiger partial charge is 0.416 e. The Bertz CT molecular complexity index is 1220. The molecular weight excluding hydrogens is 479 g/mol. The molecule has 1 amide bonds. The first-order valence-corrected chi connectivity index (χ1v) is 11.2. The number of aromatic nitrogens is 3. The molecule has 1 atom stereocenters. The Balaban J connectivity index is 1.53. The number of amides is 1. The van der Waals surface area contributed by atoms with E-state index in [0.717, 1.165) is 31.0 Å². The predicted molar refractivity (Wildman–Crippen MR) is 128 cm³/mol. The van der Waals surface area contributed by atoms with Crippen molar-refractivity contribution in [3.8, 4) is 0 Å². The Hall–Kier alpha value is -3.71. The summed E-state index contributed by atoms with van der Waals surface area (Å²) in [5.74, 6) is 0.557. The summed E-state index contributed by atoms with van der Waals surface area (Å²) < 4.78 is 49.6. The van der Waals surface area contributed by atoms with E-state index >= 15 is 0 Å². The van der Waals surface area contributed by atoms with E-state index in [9.17, 15) is 18.0 Å². The smallest absolute Gasteiger partial charge is 0.382 e. The Kier molecular flexibility index (Phi) is 7.70. The molecule has 3 aromatic rings. The van der Waals surface area contributed by atoms with Gasteiger partial charge in [-0.15, -0.1) is 0 Å². The third-order valence-corrected chi connectivity index (χ3v) is 5.46. The molecule has 1 aromatic carbocycles. The van der Waals surface area contributed by atoms with Gasteiger partial charge in [0.25, 0.3) is 5.91 Å². The number of H-pyrrole nitrogens is 1. The fourth-order valence-corrected chi connectivity index (χ4v) is 3.68. The number of morpholine rings is 1. The zero-order chi connectivity index (χ0) is 25.7. The van der Waals surface area contributed by atoms with Crippen LogP contribution in [0, 0.1) is 0 Å². The van der Waals surface area contributed by atoms with Gasteiger partial charge in [0.2, 0.25) is 5.96 Å². The molecule has 1 aliphatic rings. The fraction of sp³-hybridized carbons (Fsp3) is 0.391. The van der Waals surface area contributed by atoms with E-state index in [1.807, 2.05) is 0 Å². The number of anilines is 2. The second-order valence-corrected chi connectivity index (χ2v) is 8.20. The van der Waals surface area contributed by atoms with Crippen LogP contribution < -0.4 is 15.5 Å². The number of hydrogen-bond donors (Lipinski definition) is 3. The average Bonchev–Trinajstić information content (AvgIpc) is 3.26. The predicted octanol–water partition coefficient (Wildman–Crippen LogP) is 3.05. The van der Waals surface area contributed by atoms with Crippen molar-refractivity contribution in [1.82, 2.24) is 20.5 Å². The number of aromatic amines is 1. The van der Waals surface area contributed by atoms with Gasteiger partial charge in [-0.25, -0.2) is 9.98 Å². The number of carbonyl (C=O) groups is 1. The summed E-state index contributed by atoms with van der Waals surface area (Å²) in [5, 5.41) is 12.6. The molecule has 0 aliphatic carbocycles. The zero-order valence-corrected chi connectivity index (χ0v) is 19.7. The summed E-state index contributed by atoms with van der Waals surface area (Å²) in [6, 6.07) is 6.33. The summed E-state index contributed by atoms with van der Waals surface area (Å²) in [4.78, 5) is 23.8. The maximum absolute atomic E-state index is 13.0. The lowest BCUT2D eigenvalue weighted by Gasteiger charge is -2.27. The molecule has 3 heterocycles. The van der Waals surface area contributed by atoms with Crippen LogP contribution >= 0.6 is 0 Å². The number of fused-ring (bicyclic) bond motifs is 1. The maximum atomic E-state index is 13.0. The van der Waals surface area contributed by atoms with Crippen molar-refractivity contribution in [2.45, 2.75) is 19.1 Å². The number of benzene rings is 1. The van der Waals surface area contributed by atoms with Gasteiger partial charge in [-0.3, -0.25) is 15.2 Å². The van der Waals surface area contributed by atoms with Gasteiger partial charge in [0.05, 0.1) is 42.5 Å². The van der Waals surface area contributed by atoms with Gasteiger partial charge in [0, 0.05) is 31.8 Å². The first kappa shape index (κ1) is 25.4. The maximum Gasteiger partial charge on any atom is 0.416 e. The minimum absolute atomic E-state index is 0.0649. The van der Waals surface area contributed by atoms with Crippen LogP contribution in [-0.4, -0.2) is 73.1 Å². The number of methoxy groups -OCH3 is 1. The van der Waals surface area contributed by atoms with E-state index in [1.54, 1.807) is 19.1 Å². The molecule has 4 rings (SSSR count). The van der Waals surface area contributed by atoms with Crippen LogP contribution in [0.5, 0.6) is 0 Å². The van der Waals surface area contributed by atoms with E-state index < -0.39 is 17.6 Å². The van der Waals surface area contributed by atoms with Crippen LogP contribution in [-0.2, 0) is 15.7 Å². The second kappa shape index (κ2) is 10.9. The third-order valence-electron chi connectivity index (χ3n) is 5.46. The molecule has 3 N–H and O–H groups in total. The topological polar surface area (TPSA) is 117 Å². The summed E-state index contributed by atoms with van der Waals surface area (Å²) in [7, 11) is 1.53. The van der Waals surface area contributed by atoms with E-state index in [4.69, 9.17) is 9.47 Å². The van der Waals surface area contributed by atoms with Crippen LogP contribution in [0.1, 0.15) is 22.8 Å². The highest BCUT2D eigenvalue weighted by molar-refractivity contribution is 6.11. The van der Waals surface area contributed by atoms with Gasteiger partial charge in [0.1, 0.15) is 5.82 Å². The summed E-state index contributed by atoms with van der Waals surface area (Å²) in [6.07, 6.45) is -3.01. The van der Waals surface area contributed by atoms with Crippen LogP contribution in [0.3, 0.4) is 0 Å². The van der Waals surface area contributed by atoms with Crippen molar-refractivity contribution in [3.63, 3.8) is 0 Å². The van der Waals surface area contributed by atoms with E-state index in [0.29, 0.717) is 24.2 Å². The number of nitrogens with one attached hydrogen (secondary N) is 3. The Morgan fingerprint density at radius 3 is 2.72 bits per heavy atom. The monoisotopic (exact) mass is 505 g/mol. The summed E-state index contributed by atoms with van der Waals surface area (Å²) in [6.45, 7) is 4.75. The highest BCUT2D eigenvalue weighted by Gasteiger charge is 2.31. The fourth-order valence-electron chi connectivity index (χ4n) is 3.68. The molecule has 1 fully saturated rings. The molecule has 192 valence electrons. The molecule has 1 saturated heterocycles. The van der Waals surface area contributed by atoms with Crippen molar-refractivity contribution >= 4 is 34.4 Å². The lowest BCUT2D eigenvalue weighted by Crippen LogP contribution is -2.38. The normalized spacial score (nSPS) is 15.7. The van der Waals surface area contributed by atoms with Crippen molar-refractivity contribution in [3.05, 3.63) is 47.7 Å². The van der Waals surface area contributed by atoms with Crippen molar-refractivity contribution in [1.29, 1.82) is 0 Å². The number of alkyl halides is 3. The lowest BCUT2D eigenvalue weighted by molar-refractivity contribution is -0.137. The quantitative estimate of drug-likeness (QED) is 0.348. The van der Waals surface area contributed by atoms with Crippen LogP contribution in [0.25, 0.3) is 10.9 Å². The first-order valence-electron chi connectivity index (χ1n) is 11.2. The van der Waals surface area contributed by atoms with Gasteiger partial charge in [-0.05, 0) is 37.3 Å². The van der Waals surface area contributed by atoms with Crippen LogP contribution in [0.4, 0.5) is 24.8 Å². The SMILES string of the molecule is COC[C@H](C)N=C(NC(=O)c1ccc(N2CCOCC2)nc1)Nc1n[nH]c2cc(C(F)(F)F)ccc12. The molecule has 0 spiro atoms. The van der Waals surface area contributed by atoms with Gasteiger partial charge < -0.3 is 19.7 Å². The van der Waals surface area contributed by atoms with E-state index in [-0.39, 0.29) is 29.9 Å². The lowest BCUT2D eigenvalue weighted by atomic mass is 10.1. The molecule has 36 heavy (non-hydrogen) atoms. The standard InChI is InChI=1S/C23H26F3N7O3/c1-14(13-35-2)28-22(29-20-17-5-4-16(23(24,25)26)11-18(17)31-32-20)30-21(34)15-3-6-19(27-12-15)33-7-9-36-10-8-33/h3-6,11-12,14H,7-10,13H2,1-2H3,(H3,28,29,30,31,32,34)/t14-/m0/s1. The number of halogens is 3. The number of hydrogen-bond acceptors (Lipinski definition) is 7. The Labute approximate surface area is 204 Å². The molecular formula is C23H26F3N7O3. The molecule has 1 aliphatic heterocycles. The minimum Gasteiger partial charge on any atom is -0.382 e. The third kappa shape index (κ3) is 6.10. The molecule has 0 unspecified atom stereocenters. The zero-order valence-electron chi connectivity index (χ0n) is 19.7. The van der Waals surface area contributed by atoms with Crippen LogP contribution in [0.2, 0.25) is 0 Å². The Morgan fingerprint density at radius 1 is 1.28 bits per heavy atom. The molecule has 0 bridgehead atoms. The molecule has 10 nitrogen and oxygen atoms in total. The molecule has 0 saturated carbocycles. The van der Waals surface area contributed by atoms with Gasteiger partial charge in [-0.2, -0.15) is 18.3 Å². The average molecular weight is 506 g/mol.